The summed E-state index contributed by atoms with van der Waals surface area (Å²) in [4.78, 5) is 82.6. The molecule has 0 aromatic heterocycles. The Hall–Kier alpha value is -8.01. The van der Waals surface area contributed by atoms with Crippen LogP contribution < -0.4 is 39.7 Å². The predicted octanol–water partition coefficient (Wildman–Crippen LogP) is 6.37. The van der Waals surface area contributed by atoms with E-state index in [0.717, 1.165) is 24.3 Å². The average Bonchev–Trinajstić information content (AvgIpc) is 3.57. The maximum atomic E-state index is 14.4. The van der Waals surface area contributed by atoms with Crippen molar-refractivity contribution in [2.24, 2.45) is 0 Å². The van der Waals surface area contributed by atoms with Gasteiger partial charge in [0.25, 0.3) is 0 Å². The summed E-state index contributed by atoms with van der Waals surface area (Å²) in [5.41, 5.74) is 2.02. The third-order valence-electron chi connectivity index (χ3n) is 10.7. The number of benzene rings is 5. The summed E-state index contributed by atoms with van der Waals surface area (Å²) in [6, 6.07) is 21.0. The van der Waals surface area contributed by atoms with Crippen LogP contribution in [0.2, 0.25) is 0 Å². The molecule has 0 fully saturated rings. The van der Waals surface area contributed by atoms with Gasteiger partial charge in [0, 0.05) is 60.8 Å². The fourth-order valence-corrected chi connectivity index (χ4v) is 8.96. The molecule has 368 valence electrons. The third kappa shape index (κ3) is 12.9. The first-order valence-electron chi connectivity index (χ1n) is 21.6. The molecule has 5 aromatic rings. The monoisotopic (exact) mass is 988 g/mol. The van der Waals surface area contributed by atoms with Gasteiger partial charge in [-0.1, -0.05) is 12.1 Å². The zero-order chi connectivity index (χ0) is 50.6. The maximum absolute atomic E-state index is 14.4. The number of nitrogens with one attached hydrogen (secondary N) is 4. The van der Waals surface area contributed by atoms with Crippen molar-refractivity contribution in [1.29, 1.82) is 0 Å². The lowest BCUT2D eigenvalue weighted by molar-refractivity contribution is -0.126. The van der Waals surface area contributed by atoms with Gasteiger partial charge < -0.3 is 29.9 Å². The van der Waals surface area contributed by atoms with Gasteiger partial charge in [-0.3, -0.25) is 38.4 Å². The fraction of sp³-hybridized carbons (Fsp3) is 0.250. The van der Waals surface area contributed by atoms with Crippen LogP contribution in [0.3, 0.4) is 0 Å². The molecule has 0 radical (unpaired) electrons. The van der Waals surface area contributed by atoms with Crippen molar-refractivity contribution in [3.05, 3.63) is 144 Å². The minimum atomic E-state index is -2.29. The lowest BCUT2D eigenvalue weighted by Crippen LogP contribution is -2.53. The molecule has 2 unspecified atom stereocenters. The highest BCUT2D eigenvalue weighted by Gasteiger charge is 2.38. The first kappa shape index (κ1) is 51.4. The number of carbonyl (C=O) groups excluding carboxylic acids is 6. The number of fused-ring (bicyclic) bond motifs is 1. The van der Waals surface area contributed by atoms with E-state index in [1.807, 2.05) is 0 Å². The number of ether oxygens (including phenoxy) is 2. The van der Waals surface area contributed by atoms with Gasteiger partial charge in [-0.05, 0) is 110 Å². The van der Waals surface area contributed by atoms with Crippen LogP contribution >= 0.6 is 0 Å². The second-order valence-corrected chi connectivity index (χ2v) is 16.8. The third-order valence-corrected chi connectivity index (χ3v) is 12.2. The van der Waals surface area contributed by atoms with Gasteiger partial charge in [-0.2, -0.15) is 0 Å². The standard InChI is InChI=1S/C48H48F4N8O9S/c1-5-57(37-15-11-35(12-16-37)53-47(65)68-3)45(63)39(23-29-19-31(49)25-32(50)20-29)55-43(61)27-59-41-9-7-8-10-42(41)60(70(59)67)28-44(62)56-40(24-30-21-33(51)26-34(52)22-30)46(64)58(6-2)38-17-13-36(14-18-38)54-48(66)69-4/h7-22,25-26,39-40H,5-6,23-24,27-28H2,1-4H3,(H,53,65)(H,54,66)(H,55,61)(H,56,62)/t39-,40?,70?/m0/s1. The number of methoxy groups -OCH3 is 2. The number of para-hydroxylation sites is 2. The number of halogens is 4. The molecule has 22 heteroatoms. The van der Waals surface area contributed by atoms with E-state index in [0.29, 0.717) is 34.9 Å². The SMILES string of the molecule is CCN(C(=O)C(Cc1cc(F)cc(F)c1)NC(=O)CN1c2ccccc2N(CC(=O)N[C@@H](Cc2cc(F)cc(F)c2)C(=O)N(CC)c2ccc(NC(=O)OC)cc2)S1=O)c1ccc(NC(=O)OC)cc1. The first-order chi connectivity index (χ1) is 33.5. The topological polar surface area (TPSA) is 199 Å². The summed E-state index contributed by atoms with van der Waals surface area (Å²) in [5, 5.41) is 10.3. The summed E-state index contributed by atoms with van der Waals surface area (Å²) in [6.07, 6.45) is -2.16. The average molecular weight is 989 g/mol. The summed E-state index contributed by atoms with van der Waals surface area (Å²) in [6.45, 7) is 2.21. The van der Waals surface area contributed by atoms with E-state index in [4.69, 9.17) is 0 Å². The van der Waals surface area contributed by atoms with Crippen molar-refractivity contribution in [3.8, 4) is 0 Å². The van der Waals surface area contributed by atoms with Crippen molar-refractivity contribution >= 4 is 81.1 Å². The zero-order valence-corrected chi connectivity index (χ0v) is 39.0. The molecule has 0 saturated heterocycles. The lowest BCUT2D eigenvalue weighted by atomic mass is 10.0. The molecule has 70 heavy (non-hydrogen) atoms. The van der Waals surface area contributed by atoms with E-state index in [9.17, 15) is 50.5 Å². The number of rotatable bonds is 18. The van der Waals surface area contributed by atoms with E-state index < -0.39 is 95.4 Å². The molecule has 5 aromatic carbocycles. The van der Waals surface area contributed by atoms with E-state index in [2.05, 4.69) is 30.7 Å². The minimum absolute atomic E-state index is 0.0457. The molecule has 1 heterocycles. The summed E-state index contributed by atoms with van der Waals surface area (Å²) < 4.78 is 83.4. The molecule has 1 aliphatic heterocycles. The molecule has 6 rings (SSSR count). The van der Waals surface area contributed by atoms with Crippen molar-refractivity contribution < 1.29 is 60.0 Å². The number of hydrogen-bond acceptors (Lipinski definition) is 9. The summed E-state index contributed by atoms with van der Waals surface area (Å²) >= 11 is -2.29. The first-order valence-corrected chi connectivity index (χ1v) is 22.6. The van der Waals surface area contributed by atoms with E-state index in [1.54, 1.807) is 38.1 Å². The Morgan fingerprint density at radius 2 is 0.900 bits per heavy atom. The highest BCUT2D eigenvalue weighted by molar-refractivity contribution is 7.88. The van der Waals surface area contributed by atoms with Crippen LogP contribution in [0.25, 0.3) is 0 Å². The molecule has 0 saturated carbocycles. The highest BCUT2D eigenvalue weighted by atomic mass is 32.2. The molecule has 0 aliphatic carbocycles. The Morgan fingerprint density at radius 3 is 1.21 bits per heavy atom. The highest BCUT2D eigenvalue weighted by Crippen LogP contribution is 2.38. The van der Waals surface area contributed by atoms with Gasteiger partial charge in [-0.15, -0.1) is 0 Å². The van der Waals surface area contributed by atoms with Crippen LogP contribution in [-0.2, 0) is 52.7 Å². The summed E-state index contributed by atoms with van der Waals surface area (Å²) in [5.74, 6) is -6.66. The van der Waals surface area contributed by atoms with Crippen LogP contribution in [0.15, 0.2) is 109 Å². The molecule has 0 bridgehead atoms. The molecule has 17 nitrogen and oxygen atoms in total. The fourth-order valence-electron chi connectivity index (χ4n) is 7.62. The largest absolute Gasteiger partial charge is 0.453 e. The van der Waals surface area contributed by atoms with Crippen LogP contribution in [-0.4, -0.2) is 92.5 Å². The molecular formula is C48H48F4N8O9S. The molecule has 3 atom stereocenters. The molecule has 1 aliphatic rings. The number of anilines is 6. The van der Waals surface area contributed by atoms with E-state index in [1.165, 1.54) is 81.2 Å². The summed E-state index contributed by atoms with van der Waals surface area (Å²) in [7, 11) is 2.39. The van der Waals surface area contributed by atoms with Crippen LogP contribution in [0.4, 0.5) is 61.3 Å². The lowest BCUT2D eigenvalue weighted by Gasteiger charge is -2.28. The van der Waals surface area contributed by atoms with Gasteiger partial charge in [0.2, 0.25) is 34.8 Å². The van der Waals surface area contributed by atoms with Crippen molar-refractivity contribution in [2.45, 2.75) is 38.8 Å². The van der Waals surface area contributed by atoms with Gasteiger partial charge in [0.1, 0.15) is 48.4 Å². The Bertz CT molecular complexity index is 2550. The number of likely N-dealkylation sites (N-methyl/N-ethyl adjacent to an activating group) is 2. The molecule has 0 spiro atoms. The van der Waals surface area contributed by atoms with Crippen molar-refractivity contribution in [3.63, 3.8) is 0 Å². The molecule has 4 N–H and O–H groups in total. The normalized spacial score (nSPS) is 13.6. The second kappa shape index (κ2) is 23.3. The zero-order valence-electron chi connectivity index (χ0n) is 38.2. The number of amides is 6. The van der Waals surface area contributed by atoms with E-state index in [-0.39, 0.29) is 48.4 Å². The van der Waals surface area contributed by atoms with Crippen molar-refractivity contribution in [1.82, 2.24) is 10.6 Å². The smallest absolute Gasteiger partial charge is 0.411 e. The van der Waals surface area contributed by atoms with Crippen LogP contribution in [0.1, 0.15) is 25.0 Å². The number of nitrogens with zero attached hydrogens (tertiary/aromatic N) is 4. The second-order valence-electron chi connectivity index (χ2n) is 15.5. The van der Waals surface area contributed by atoms with Crippen molar-refractivity contribution in [2.75, 3.05) is 69.4 Å². The predicted molar refractivity (Wildman–Crippen MR) is 254 cm³/mol. The van der Waals surface area contributed by atoms with Crippen LogP contribution in [0, 0.1) is 23.3 Å². The number of carbonyl (C=O) groups is 6. The Balaban J connectivity index is 1.22. The van der Waals surface area contributed by atoms with Crippen LogP contribution in [0.5, 0.6) is 0 Å². The minimum Gasteiger partial charge on any atom is -0.453 e. The Labute approximate surface area is 402 Å². The molecule has 6 amide bonds. The van der Waals surface area contributed by atoms with Gasteiger partial charge in [0.15, 0.2) is 0 Å². The Morgan fingerprint density at radius 1 is 0.557 bits per heavy atom. The molecular weight excluding hydrogens is 941 g/mol. The van der Waals surface area contributed by atoms with Gasteiger partial charge >= 0.3 is 12.2 Å². The van der Waals surface area contributed by atoms with E-state index >= 15 is 0 Å². The van der Waals surface area contributed by atoms with Gasteiger partial charge in [-0.25, -0.2) is 31.4 Å². The number of hydrogen-bond donors (Lipinski definition) is 4. The Kier molecular flexibility index (Phi) is 17.1. The van der Waals surface area contributed by atoms with Gasteiger partial charge in [0.05, 0.1) is 25.6 Å². The quantitative estimate of drug-likeness (QED) is 0.0722. The maximum Gasteiger partial charge on any atom is 0.411 e.